The predicted octanol–water partition coefficient (Wildman–Crippen LogP) is -0.0499. The van der Waals surface area contributed by atoms with Gasteiger partial charge in [0.15, 0.2) is 0 Å². The predicted molar refractivity (Wildman–Crippen MR) is 71.8 cm³/mol. The van der Waals surface area contributed by atoms with Crippen molar-refractivity contribution in [2.75, 3.05) is 32.9 Å². The van der Waals surface area contributed by atoms with E-state index in [0.717, 1.165) is 25.9 Å². The Balaban J connectivity index is 1.87. The minimum absolute atomic E-state index is 0.0944. The van der Waals surface area contributed by atoms with Crippen molar-refractivity contribution in [2.24, 2.45) is 11.8 Å². The van der Waals surface area contributed by atoms with E-state index in [1.54, 1.807) is 0 Å². The zero-order chi connectivity index (χ0) is 13.9. The largest absolute Gasteiger partial charge is 0.396 e. The summed E-state index contributed by atoms with van der Waals surface area (Å²) < 4.78 is 34.1. The first-order valence-corrected chi connectivity index (χ1v) is 8.43. The molecule has 0 saturated carbocycles. The fraction of sp³-hybridized carbons (Fsp3) is 1.00. The highest BCUT2D eigenvalue weighted by Gasteiger charge is 2.31. The normalized spacial score (nSPS) is 28.6. The Morgan fingerprint density at radius 2 is 2.05 bits per heavy atom. The van der Waals surface area contributed by atoms with Crippen molar-refractivity contribution >= 4 is 10.2 Å². The average molecular weight is 292 g/mol. The van der Waals surface area contributed by atoms with E-state index in [9.17, 15) is 8.42 Å². The highest BCUT2D eigenvalue weighted by Crippen LogP contribution is 2.21. The molecule has 0 amide bonds. The molecule has 2 saturated heterocycles. The van der Waals surface area contributed by atoms with E-state index in [1.165, 1.54) is 4.31 Å². The molecular weight excluding hydrogens is 268 g/mol. The zero-order valence-corrected chi connectivity index (χ0v) is 12.2. The lowest BCUT2D eigenvalue weighted by Crippen LogP contribution is -2.49. The van der Waals surface area contributed by atoms with Gasteiger partial charge in [-0.05, 0) is 32.1 Å². The Kier molecular flexibility index (Phi) is 5.19. The van der Waals surface area contributed by atoms with Gasteiger partial charge < -0.3 is 9.84 Å². The molecule has 2 heterocycles. The second kappa shape index (κ2) is 6.49. The van der Waals surface area contributed by atoms with Gasteiger partial charge in [0.25, 0.3) is 10.2 Å². The molecule has 112 valence electrons. The molecule has 2 rings (SSSR count). The summed E-state index contributed by atoms with van der Waals surface area (Å²) in [5.41, 5.74) is 0. The molecule has 2 N–H and O–H groups in total. The number of rotatable bonds is 5. The molecule has 7 heteroatoms. The van der Waals surface area contributed by atoms with Gasteiger partial charge in [0.05, 0.1) is 6.61 Å². The molecule has 0 aliphatic carbocycles. The Hall–Kier alpha value is -0.210. The van der Waals surface area contributed by atoms with Crippen molar-refractivity contribution in [1.29, 1.82) is 0 Å². The first kappa shape index (κ1) is 15.2. The summed E-state index contributed by atoms with van der Waals surface area (Å²) in [4.78, 5) is 0. The summed E-state index contributed by atoms with van der Waals surface area (Å²) in [5.74, 6) is 0.511. The molecule has 2 unspecified atom stereocenters. The van der Waals surface area contributed by atoms with Crippen LogP contribution in [0.5, 0.6) is 0 Å². The van der Waals surface area contributed by atoms with E-state index >= 15 is 0 Å². The maximum Gasteiger partial charge on any atom is 0.279 e. The second-order valence-corrected chi connectivity index (χ2v) is 7.26. The number of piperidine rings is 1. The van der Waals surface area contributed by atoms with Gasteiger partial charge in [0, 0.05) is 38.3 Å². The van der Waals surface area contributed by atoms with Crippen LogP contribution in [-0.4, -0.2) is 56.8 Å². The van der Waals surface area contributed by atoms with Crippen molar-refractivity contribution in [3.63, 3.8) is 0 Å². The molecule has 2 fully saturated rings. The van der Waals surface area contributed by atoms with Crippen LogP contribution in [0.4, 0.5) is 0 Å². The van der Waals surface area contributed by atoms with Crippen molar-refractivity contribution in [3.8, 4) is 0 Å². The maximum absolute atomic E-state index is 12.3. The molecule has 2 aliphatic heterocycles. The van der Waals surface area contributed by atoms with Crippen LogP contribution in [-0.2, 0) is 14.9 Å². The smallest absolute Gasteiger partial charge is 0.279 e. The average Bonchev–Trinajstić information content (AvgIpc) is 2.92. The van der Waals surface area contributed by atoms with E-state index in [2.05, 4.69) is 4.72 Å². The Morgan fingerprint density at radius 1 is 1.37 bits per heavy atom. The van der Waals surface area contributed by atoms with Gasteiger partial charge in [-0.1, -0.05) is 0 Å². The SMILES string of the molecule is CC(NS(=O)(=O)N1CCC(CO)CC1)C1CCOC1. The standard InChI is InChI=1S/C12H24N2O4S/c1-10(12-4-7-18-9-12)13-19(16,17)14-5-2-11(8-15)3-6-14/h10-13,15H,2-9H2,1H3. The van der Waals surface area contributed by atoms with Crippen LogP contribution < -0.4 is 4.72 Å². The van der Waals surface area contributed by atoms with Crippen molar-refractivity contribution in [3.05, 3.63) is 0 Å². The topological polar surface area (TPSA) is 78.9 Å². The molecule has 6 nitrogen and oxygen atoms in total. The van der Waals surface area contributed by atoms with E-state index in [4.69, 9.17) is 9.84 Å². The Labute approximate surface area is 115 Å². The van der Waals surface area contributed by atoms with Crippen molar-refractivity contribution in [2.45, 2.75) is 32.2 Å². The van der Waals surface area contributed by atoms with Crippen LogP contribution >= 0.6 is 0 Å². The monoisotopic (exact) mass is 292 g/mol. The minimum Gasteiger partial charge on any atom is -0.396 e. The first-order chi connectivity index (χ1) is 9.03. The summed E-state index contributed by atoms with van der Waals surface area (Å²) in [5, 5.41) is 9.07. The van der Waals surface area contributed by atoms with Crippen LogP contribution in [0.1, 0.15) is 26.2 Å². The van der Waals surface area contributed by atoms with Gasteiger partial charge >= 0.3 is 0 Å². The van der Waals surface area contributed by atoms with Crippen LogP contribution in [0, 0.1) is 11.8 Å². The summed E-state index contributed by atoms with van der Waals surface area (Å²) in [7, 11) is -3.41. The zero-order valence-electron chi connectivity index (χ0n) is 11.4. The third-order valence-corrected chi connectivity index (χ3v) is 5.89. The summed E-state index contributed by atoms with van der Waals surface area (Å²) in [6, 6.07) is -0.0944. The van der Waals surface area contributed by atoms with E-state index < -0.39 is 10.2 Å². The lowest BCUT2D eigenvalue weighted by Gasteiger charge is -2.32. The second-order valence-electron chi connectivity index (χ2n) is 5.56. The number of nitrogens with one attached hydrogen (secondary N) is 1. The van der Waals surface area contributed by atoms with Crippen molar-refractivity contribution in [1.82, 2.24) is 9.03 Å². The molecule has 2 aliphatic rings. The number of aliphatic hydroxyl groups excluding tert-OH is 1. The molecule has 19 heavy (non-hydrogen) atoms. The van der Waals surface area contributed by atoms with Crippen LogP contribution in [0.3, 0.4) is 0 Å². The van der Waals surface area contributed by atoms with Crippen molar-refractivity contribution < 1.29 is 18.3 Å². The third kappa shape index (κ3) is 3.88. The molecule has 0 aromatic heterocycles. The molecule has 0 radical (unpaired) electrons. The van der Waals surface area contributed by atoms with Gasteiger partial charge in [0.1, 0.15) is 0 Å². The lowest BCUT2D eigenvalue weighted by atomic mass is 10.00. The molecule has 2 atom stereocenters. The molecule has 0 aromatic carbocycles. The lowest BCUT2D eigenvalue weighted by molar-refractivity contribution is 0.168. The highest BCUT2D eigenvalue weighted by molar-refractivity contribution is 7.87. The molecular formula is C12H24N2O4S. The third-order valence-electron chi connectivity index (χ3n) is 4.18. The van der Waals surface area contributed by atoms with E-state index in [1.807, 2.05) is 6.92 Å². The molecule has 0 bridgehead atoms. The number of hydrogen-bond donors (Lipinski definition) is 2. The van der Waals surface area contributed by atoms with Gasteiger partial charge in [-0.2, -0.15) is 17.4 Å². The van der Waals surface area contributed by atoms with E-state index in [-0.39, 0.29) is 24.5 Å². The number of hydrogen-bond acceptors (Lipinski definition) is 4. The van der Waals surface area contributed by atoms with Crippen LogP contribution in [0.15, 0.2) is 0 Å². The maximum atomic E-state index is 12.3. The van der Waals surface area contributed by atoms with Gasteiger partial charge in [0.2, 0.25) is 0 Å². The first-order valence-electron chi connectivity index (χ1n) is 6.99. The summed E-state index contributed by atoms with van der Waals surface area (Å²) in [6.45, 7) is 4.40. The highest BCUT2D eigenvalue weighted by atomic mass is 32.2. The number of aliphatic hydroxyl groups is 1. The fourth-order valence-electron chi connectivity index (χ4n) is 2.68. The summed E-state index contributed by atoms with van der Waals surface area (Å²) >= 11 is 0. The Bertz CT molecular complexity index is 373. The minimum atomic E-state index is -3.41. The quantitative estimate of drug-likeness (QED) is 0.745. The van der Waals surface area contributed by atoms with Gasteiger partial charge in [-0.3, -0.25) is 0 Å². The molecule has 0 aromatic rings. The van der Waals surface area contributed by atoms with E-state index in [0.29, 0.717) is 19.7 Å². The van der Waals surface area contributed by atoms with Gasteiger partial charge in [-0.25, -0.2) is 0 Å². The molecule has 0 spiro atoms. The Morgan fingerprint density at radius 3 is 2.58 bits per heavy atom. The fourth-order valence-corrected chi connectivity index (χ4v) is 4.19. The number of ether oxygens (including phenoxy) is 1. The van der Waals surface area contributed by atoms with Crippen LogP contribution in [0.25, 0.3) is 0 Å². The van der Waals surface area contributed by atoms with Crippen LogP contribution in [0.2, 0.25) is 0 Å². The summed E-state index contributed by atoms with van der Waals surface area (Å²) in [6.07, 6.45) is 2.38. The number of nitrogens with zero attached hydrogens (tertiary/aromatic N) is 1. The van der Waals surface area contributed by atoms with Gasteiger partial charge in [-0.15, -0.1) is 0 Å².